The Morgan fingerprint density at radius 1 is 1.54 bits per heavy atom. The van der Waals surface area contributed by atoms with Crippen molar-refractivity contribution in [2.45, 2.75) is 13.3 Å². The van der Waals surface area contributed by atoms with Crippen molar-refractivity contribution >= 4 is 5.91 Å². The number of carbonyl (C=O) groups excluding carboxylic acids is 1. The van der Waals surface area contributed by atoms with Gasteiger partial charge in [0.25, 0.3) is 0 Å². The van der Waals surface area contributed by atoms with Crippen molar-refractivity contribution in [3.05, 3.63) is 24.8 Å². The Morgan fingerprint density at radius 2 is 2.31 bits per heavy atom. The number of amides is 1. The first-order valence-electron chi connectivity index (χ1n) is 4.50. The summed E-state index contributed by atoms with van der Waals surface area (Å²) in [6, 6.07) is 0. The number of hydrogen-bond acceptors (Lipinski definition) is 2. The van der Waals surface area contributed by atoms with Gasteiger partial charge in [-0.25, -0.2) is 0 Å². The summed E-state index contributed by atoms with van der Waals surface area (Å²) >= 11 is 0. The SMILES string of the molecule is C=CCNCC(=O)NCC/C=C/C. The van der Waals surface area contributed by atoms with Crippen molar-refractivity contribution in [1.82, 2.24) is 10.6 Å². The van der Waals surface area contributed by atoms with E-state index >= 15 is 0 Å². The lowest BCUT2D eigenvalue weighted by molar-refractivity contribution is -0.120. The van der Waals surface area contributed by atoms with Crippen LogP contribution in [0.25, 0.3) is 0 Å². The van der Waals surface area contributed by atoms with Crippen molar-refractivity contribution in [3.8, 4) is 0 Å². The van der Waals surface area contributed by atoms with Crippen LogP contribution >= 0.6 is 0 Å². The number of nitrogens with one attached hydrogen (secondary N) is 2. The van der Waals surface area contributed by atoms with E-state index < -0.39 is 0 Å². The highest BCUT2D eigenvalue weighted by Gasteiger charge is 1.96. The van der Waals surface area contributed by atoms with Crippen LogP contribution < -0.4 is 10.6 Å². The first-order chi connectivity index (χ1) is 6.31. The molecule has 0 heterocycles. The van der Waals surface area contributed by atoms with E-state index in [0.29, 0.717) is 19.6 Å². The molecule has 0 saturated carbocycles. The van der Waals surface area contributed by atoms with Gasteiger partial charge in [0.15, 0.2) is 0 Å². The van der Waals surface area contributed by atoms with Crippen LogP contribution in [-0.4, -0.2) is 25.5 Å². The molecule has 0 aromatic rings. The molecular formula is C10H18N2O. The van der Waals surface area contributed by atoms with Crippen LogP contribution in [0.1, 0.15) is 13.3 Å². The Morgan fingerprint density at radius 3 is 2.92 bits per heavy atom. The first-order valence-corrected chi connectivity index (χ1v) is 4.50. The Hall–Kier alpha value is -1.09. The van der Waals surface area contributed by atoms with E-state index in [9.17, 15) is 4.79 Å². The molecule has 0 rings (SSSR count). The van der Waals surface area contributed by atoms with Crippen molar-refractivity contribution in [2.24, 2.45) is 0 Å². The van der Waals surface area contributed by atoms with Gasteiger partial charge >= 0.3 is 0 Å². The third-order valence-electron chi connectivity index (χ3n) is 1.44. The van der Waals surface area contributed by atoms with E-state index in [4.69, 9.17) is 0 Å². The molecule has 3 nitrogen and oxygen atoms in total. The quantitative estimate of drug-likeness (QED) is 0.452. The standard InChI is InChI=1S/C10H18N2O/c1-3-5-6-8-12-10(13)9-11-7-4-2/h3-5,11H,2,6-9H2,1H3,(H,12,13)/b5-3+. The maximum absolute atomic E-state index is 11.0. The third kappa shape index (κ3) is 8.82. The van der Waals surface area contributed by atoms with Crippen LogP contribution in [0.4, 0.5) is 0 Å². The Bertz CT molecular complexity index is 176. The molecule has 0 aliphatic carbocycles. The van der Waals surface area contributed by atoms with E-state index in [0.717, 1.165) is 6.42 Å². The number of hydrogen-bond donors (Lipinski definition) is 2. The molecule has 0 saturated heterocycles. The van der Waals surface area contributed by atoms with Crippen molar-refractivity contribution in [3.63, 3.8) is 0 Å². The number of carbonyl (C=O) groups is 1. The molecule has 2 N–H and O–H groups in total. The van der Waals surface area contributed by atoms with E-state index in [2.05, 4.69) is 17.2 Å². The Balaban J connectivity index is 3.24. The summed E-state index contributed by atoms with van der Waals surface area (Å²) in [6.45, 7) is 7.25. The molecule has 0 fully saturated rings. The fraction of sp³-hybridized carbons (Fsp3) is 0.500. The Kier molecular flexibility index (Phi) is 8.25. The summed E-state index contributed by atoms with van der Waals surface area (Å²) in [6.07, 6.45) is 6.62. The molecule has 0 unspecified atom stereocenters. The lowest BCUT2D eigenvalue weighted by Crippen LogP contribution is -2.34. The van der Waals surface area contributed by atoms with Crippen LogP contribution in [-0.2, 0) is 4.79 Å². The van der Waals surface area contributed by atoms with Crippen LogP contribution in [0, 0.1) is 0 Å². The highest BCUT2D eigenvalue weighted by Crippen LogP contribution is 1.78. The van der Waals surface area contributed by atoms with Gasteiger partial charge in [0.2, 0.25) is 5.91 Å². The molecular weight excluding hydrogens is 164 g/mol. The summed E-state index contributed by atoms with van der Waals surface area (Å²) in [7, 11) is 0. The van der Waals surface area contributed by atoms with Crippen LogP contribution in [0.5, 0.6) is 0 Å². The van der Waals surface area contributed by atoms with Gasteiger partial charge in [-0.1, -0.05) is 18.2 Å². The van der Waals surface area contributed by atoms with Crippen LogP contribution in [0.15, 0.2) is 24.8 Å². The van der Waals surface area contributed by atoms with Gasteiger partial charge in [-0.2, -0.15) is 0 Å². The molecule has 0 aromatic carbocycles. The van der Waals surface area contributed by atoms with Crippen LogP contribution in [0.3, 0.4) is 0 Å². The largest absolute Gasteiger partial charge is 0.355 e. The monoisotopic (exact) mass is 182 g/mol. The van der Waals surface area contributed by atoms with Gasteiger partial charge in [-0.15, -0.1) is 6.58 Å². The second kappa shape index (κ2) is 9.00. The molecule has 0 atom stereocenters. The molecule has 1 amide bonds. The van der Waals surface area contributed by atoms with E-state index in [1.54, 1.807) is 6.08 Å². The van der Waals surface area contributed by atoms with E-state index in [1.165, 1.54) is 0 Å². The van der Waals surface area contributed by atoms with Gasteiger partial charge in [0.1, 0.15) is 0 Å². The van der Waals surface area contributed by atoms with Gasteiger partial charge in [-0.05, 0) is 13.3 Å². The van der Waals surface area contributed by atoms with Gasteiger partial charge in [-0.3, -0.25) is 4.79 Å². The number of rotatable bonds is 7. The minimum atomic E-state index is 0.0337. The molecule has 3 heteroatoms. The normalized spacial score (nSPS) is 10.2. The molecule has 0 aromatic heterocycles. The van der Waals surface area contributed by atoms with Gasteiger partial charge in [0, 0.05) is 13.1 Å². The fourth-order valence-corrected chi connectivity index (χ4v) is 0.812. The van der Waals surface area contributed by atoms with Crippen molar-refractivity contribution < 1.29 is 4.79 Å². The van der Waals surface area contributed by atoms with Gasteiger partial charge in [0.05, 0.1) is 6.54 Å². The highest BCUT2D eigenvalue weighted by atomic mass is 16.1. The van der Waals surface area contributed by atoms with Gasteiger partial charge < -0.3 is 10.6 Å². The Labute approximate surface area is 79.9 Å². The predicted molar refractivity (Wildman–Crippen MR) is 55.5 cm³/mol. The molecule has 0 radical (unpaired) electrons. The summed E-state index contributed by atoms with van der Waals surface area (Å²) in [5.41, 5.74) is 0. The molecule has 0 aliphatic heterocycles. The zero-order chi connectivity index (χ0) is 9.94. The van der Waals surface area contributed by atoms with E-state index in [1.807, 2.05) is 19.1 Å². The maximum Gasteiger partial charge on any atom is 0.233 e. The average Bonchev–Trinajstić information content (AvgIpc) is 2.13. The summed E-state index contributed by atoms with van der Waals surface area (Å²) in [5.74, 6) is 0.0337. The fourth-order valence-electron chi connectivity index (χ4n) is 0.812. The highest BCUT2D eigenvalue weighted by molar-refractivity contribution is 5.77. The molecule has 0 aliphatic rings. The average molecular weight is 182 g/mol. The zero-order valence-electron chi connectivity index (χ0n) is 8.18. The molecule has 74 valence electrons. The minimum absolute atomic E-state index is 0.0337. The predicted octanol–water partition coefficient (Wildman–Crippen LogP) is 0.844. The maximum atomic E-state index is 11.0. The lowest BCUT2D eigenvalue weighted by atomic mass is 10.4. The molecule has 0 bridgehead atoms. The second-order valence-corrected chi connectivity index (χ2v) is 2.63. The molecule has 0 spiro atoms. The summed E-state index contributed by atoms with van der Waals surface area (Å²) in [5, 5.41) is 5.72. The zero-order valence-corrected chi connectivity index (χ0v) is 8.18. The first kappa shape index (κ1) is 11.9. The summed E-state index contributed by atoms with van der Waals surface area (Å²) in [4.78, 5) is 11.0. The smallest absolute Gasteiger partial charge is 0.233 e. The topological polar surface area (TPSA) is 41.1 Å². The number of allylic oxidation sites excluding steroid dienone is 1. The third-order valence-corrected chi connectivity index (χ3v) is 1.44. The van der Waals surface area contributed by atoms with E-state index in [-0.39, 0.29) is 5.91 Å². The molecule has 13 heavy (non-hydrogen) atoms. The summed E-state index contributed by atoms with van der Waals surface area (Å²) < 4.78 is 0. The lowest BCUT2D eigenvalue weighted by Gasteiger charge is -2.03. The van der Waals surface area contributed by atoms with Crippen molar-refractivity contribution in [2.75, 3.05) is 19.6 Å². The second-order valence-electron chi connectivity index (χ2n) is 2.63. The van der Waals surface area contributed by atoms with Crippen LogP contribution in [0.2, 0.25) is 0 Å². The minimum Gasteiger partial charge on any atom is -0.355 e. The van der Waals surface area contributed by atoms with Crippen molar-refractivity contribution in [1.29, 1.82) is 0 Å².